The Kier molecular flexibility index (Phi) is 8.19. The molecule has 5 atom stereocenters. The van der Waals surface area contributed by atoms with Crippen molar-refractivity contribution in [3.63, 3.8) is 0 Å². The van der Waals surface area contributed by atoms with Crippen LogP contribution in [0.15, 0.2) is 69.9 Å². The fourth-order valence-corrected chi connectivity index (χ4v) is 5.07. The molecule has 5 unspecified atom stereocenters. The molecule has 1 aliphatic heterocycles. The summed E-state index contributed by atoms with van der Waals surface area (Å²) in [5, 5.41) is 45.5. The number of methoxy groups -OCH3 is 2. The van der Waals surface area contributed by atoms with E-state index >= 15 is 0 Å². The number of carbonyl (C=O) groups is 1. The lowest BCUT2D eigenvalue weighted by Gasteiger charge is -2.40. The van der Waals surface area contributed by atoms with Crippen LogP contribution in [-0.4, -0.2) is 71.1 Å². The Bertz CT molecular complexity index is 1670. The van der Waals surface area contributed by atoms with Crippen molar-refractivity contribution in [2.24, 2.45) is 0 Å². The summed E-state index contributed by atoms with van der Waals surface area (Å²) in [6.45, 7) is 1.59. The average molecular weight is 578 g/mol. The predicted octanol–water partition coefficient (Wildman–Crippen LogP) is 2.52. The van der Waals surface area contributed by atoms with Crippen LogP contribution < -0.4 is 20.2 Å². The van der Waals surface area contributed by atoms with Gasteiger partial charge in [-0.15, -0.1) is 0 Å². The van der Waals surface area contributed by atoms with Gasteiger partial charge in [0, 0.05) is 18.1 Å². The Hall–Kier alpha value is -4.42. The molecule has 4 aromatic rings. The van der Waals surface area contributed by atoms with Gasteiger partial charge in [0.05, 0.1) is 26.0 Å². The first-order valence-electron chi connectivity index (χ1n) is 13.2. The standard InChI is InChI=1S/C31H31NO10/c1-15-17(12-23-25(26(15)34)20(33)14-22(41-23)16-8-10-18(39-2)11-9-16)13-24-27(35)28(36)29(37)30(42-24)31(38)32-19-6-4-5-7-21(19)40-3/h4-12,14,24,27-30,34-37H,13H2,1-3H3,(H,32,38). The molecule has 220 valence electrons. The number of aliphatic hydroxyl groups is 3. The van der Waals surface area contributed by atoms with Gasteiger partial charge < -0.3 is 44.4 Å². The molecule has 5 N–H and O–H groups in total. The van der Waals surface area contributed by atoms with E-state index in [0.29, 0.717) is 33.9 Å². The Morgan fingerprint density at radius 3 is 2.36 bits per heavy atom. The Labute approximate surface area is 240 Å². The molecular weight excluding hydrogens is 546 g/mol. The molecule has 11 nitrogen and oxygen atoms in total. The average Bonchev–Trinajstić information content (AvgIpc) is 2.99. The van der Waals surface area contributed by atoms with Crippen LogP contribution in [-0.2, 0) is 16.0 Å². The van der Waals surface area contributed by atoms with E-state index in [4.69, 9.17) is 18.6 Å². The maximum atomic E-state index is 13.1. The minimum atomic E-state index is -1.72. The number of aliphatic hydroxyl groups excluding tert-OH is 3. The molecule has 42 heavy (non-hydrogen) atoms. The number of fused-ring (bicyclic) bond motifs is 1. The summed E-state index contributed by atoms with van der Waals surface area (Å²) in [7, 11) is 2.98. The molecule has 1 fully saturated rings. The number of hydrogen-bond acceptors (Lipinski definition) is 10. The van der Waals surface area contributed by atoms with Crippen molar-refractivity contribution >= 4 is 22.6 Å². The number of nitrogens with one attached hydrogen (secondary N) is 1. The molecule has 1 amide bonds. The molecule has 3 aromatic carbocycles. The van der Waals surface area contributed by atoms with Gasteiger partial charge in [-0.1, -0.05) is 12.1 Å². The number of rotatable bonds is 7. The van der Waals surface area contributed by atoms with Gasteiger partial charge in [-0.25, -0.2) is 0 Å². The van der Waals surface area contributed by atoms with Crippen molar-refractivity contribution in [1.82, 2.24) is 0 Å². The van der Waals surface area contributed by atoms with Crippen LogP contribution >= 0.6 is 0 Å². The zero-order chi connectivity index (χ0) is 30.1. The first kappa shape index (κ1) is 29.1. The summed E-state index contributed by atoms with van der Waals surface area (Å²) < 4.78 is 22.3. The van der Waals surface area contributed by atoms with Gasteiger partial charge in [-0.2, -0.15) is 0 Å². The number of phenolic OH excluding ortho intramolecular Hbond substituents is 1. The van der Waals surface area contributed by atoms with E-state index in [0.717, 1.165) is 0 Å². The molecule has 1 aliphatic rings. The Morgan fingerprint density at radius 1 is 0.952 bits per heavy atom. The fourth-order valence-electron chi connectivity index (χ4n) is 5.07. The molecule has 0 bridgehead atoms. The lowest BCUT2D eigenvalue weighted by Crippen LogP contribution is -2.61. The smallest absolute Gasteiger partial charge is 0.256 e. The number of phenols is 1. The number of carbonyl (C=O) groups excluding carboxylic acids is 1. The topological polar surface area (TPSA) is 168 Å². The van der Waals surface area contributed by atoms with Crippen LogP contribution in [0.5, 0.6) is 17.2 Å². The first-order chi connectivity index (χ1) is 20.1. The van der Waals surface area contributed by atoms with E-state index in [1.165, 1.54) is 13.2 Å². The second-order valence-electron chi connectivity index (χ2n) is 10.0. The lowest BCUT2D eigenvalue weighted by atomic mass is 9.89. The van der Waals surface area contributed by atoms with Gasteiger partial charge in [0.2, 0.25) is 0 Å². The van der Waals surface area contributed by atoms with Crippen LogP contribution in [0.2, 0.25) is 0 Å². The number of amides is 1. The summed E-state index contributed by atoms with van der Waals surface area (Å²) in [5.74, 6) is 0.228. The number of benzene rings is 3. The van der Waals surface area contributed by atoms with Crippen LogP contribution in [0.4, 0.5) is 5.69 Å². The van der Waals surface area contributed by atoms with Gasteiger partial charge in [-0.05, 0) is 60.5 Å². The van der Waals surface area contributed by atoms with Gasteiger partial charge >= 0.3 is 0 Å². The molecular formula is C31H31NO10. The zero-order valence-electron chi connectivity index (χ0n) is 23.1. The molecule has 5 rings (SSSR count). The minimum Gasteiger partial charge on any atom is -0.507 e. The molecule has 1 saturated heterocycles. The maximum absolute atomic E-state index is 13.1. The minimum absolute atomic E-state index is 0.0110. The van der Waals surface area contributed by atoms with Crippen molar-refractivity contribution in [2.45, 2.75) is 43.9 Å². The highest BCUT2D eigenvalue weighted by molar-refractivity contribution is 5.96. The van der Waals surface area contributed by atoms with E-state index in [2.05, 4.69) is 5.32 Å². The van der Waals surface area contributed by atoms with E-state index in [-0.39, 0.29) is 28.9 Å². The molecule has 0 radical (unpaired) electrons. The molecule has 0 saturated carbocycles. The van der Waals surface area contributed by atoms with Gasteiger partial charge in [0.1, 0.15) is 52.3 Å². The van der Waals surface area contributed by atoms with Gasteiger partial charge in [0.15, 0.2) is 11.5 Å². The van der Waals surface area contributed by atoms with Gasteiger partial charge in [0.25, 0.3) is 5.91 Å². The Morgan fingerprint density at radius 2 is 1.67 bits per heavy atom. The second-order valence-corrected chi connectivity index (χ2v) is 10.0. The summed E-state index contributed by atoms with van der Waals surface area (Å²) in [6.07, 6.45) is -7.77. The SMILES string of the molecule is COc1ccc(-c2cc(=O)c3c(O)c(C)c(CC4OC(C(=O)Nc5ccccc5OC)C(O)C(O)C4O)cc3o2)cc1. The molecule has 0 aliphatic carbocycles. The number of hydrogen-bond donors (Lipinski definition) is 5. The summed E-state index contributed by atoms with van der Waals surface area (Å²) >= 11 is 0. The third-order valence-corrected chi connectivity index (χ3v) is 7.49. The fraction of sp³-hybridized carbons (Fsp3) is 0.290. The van der Waals surface area contributed by atoms with Crippen molar-refractivity contribution in [3.8, 4) is 28.6 Å². The summed E-state index contributed by atoms with van der Waals surface area (Å²) in [5.41, 5.74) is 1.36. The van der Waals surface area contributed by atoms with Crippen LogP contribution in [0, 0.1) is 6.92 Å². The summed E-state index contributed by atoms with van der Waals surface area (Å²) in [4.78, 5) is 26.1. The van der Waals surface area contributed by atoms with E-state index in [1.54, 1.807) is 68.6 Å². The highest BCUT2D eigenvalue weighted by Gasteiger charge is 2.47. The van der Waals surface area contributed by atoms with Crippen LogP contribution in [0.25, 0.3) is 22.3 Å². The van der Waals surface area contributed by atoms with Crippen LogP contribution in [0.1, 0.15) is 11.1 Å². The van der Waals surface area contributed by atoms with Gasteiger partial charge in [-0.3, -0.25) is 9.59 Å². The zero-order valence-corrected chi connectivity index (χ0v) is 23.1. The summed E-state index contributed by atoms with van der Waals surface area (Å²) in [6, 6.07) is 16.4. The van der Waals surface area contributed by atoms with Crippen molar-refractivity contribution in [2.75, 3.05) is 19.5 Å². The molecule has 0 spiro atoms. The van der Waals surface area contributed by atoms with Crippen molar-refractivity contribution in [3.05, 3.63) is 82.0 Å². The third-order valence-electron chi connectivity index (χ3n) is 7.49. The van der Waals surface area contributed by atoms with Crippen molar-refractivity contribution < 1.29 is 43.8 Å². The highest BCUT2D eigenvalue weighted by Crippen LogP contribution is 2.35. The molecule has 11 heteroatoms. The van der Waals surface area contributed by atoms with E-state index in [9.17, 15) is 30.0 Å². The quantitative estimate of drug-likeness (QED) is 0.220. The molecule has 1 aromatic heterocycles. The third kappa shape index (κ3) is 5.42. The lowest BCUT2D eigenvalue weighted by molar-refractivity contribution is -0.218. The highest BCUT2D eigenvalue weighted by atomic mass is 16.5. The van der Waals surface area contributed by atoms with Crippen LogP contribution in [0.3, 0.4) is 0 Å². The van der Waals surface area contributed by atoms with Crippen molar-refractivity contribution in [1.29, 1.82) is 0 Å². The number of anilines is 1. The van der Waals surface area contributed by atoms with E-state index in [1.807, 2.05) is 0 Å². The molecule has 2 heterocycles. The monoisotopic (exact) mass is 577 g/mol. The number of aromatic hydroxyl groups is 1. The Balaban J connectivity index is 1.45. The number of ether oxygens (including phenoxy) is 3. The first-order valence-corrected chi connectivity index (χ1v) is 13.2. The normalized spacial score (nSPS) is 22.1. The second kappa shape index (κ2) is 11.8. The maximum Gasteiger partial charge on any atom is 0.256 e. The van der Waals surface area contributed by atoms with E-state index < -0.39 is 41.9 Å². The number of para-hydroxylation sites is 2. The largest absolute Gasteiger partial charge is 0.507 e. The predicted molar refractivity (Wildman–Crippen MR) is 153 cm³/mol.